The molecule has 0 fully saturated rings. The third-order valence-electron chi connectivity index (χ3n) is 3.40. The molecule has 0 N–H and O–H groups in total. The molecule has 21 heavy (non-hydrogen) atoms. The average molecular weight is 280 g/mol. The molecule has 0 saturated carbocycles. The number of rotatable bonds is 5. The van der Waals surface area contributed by atoms with Crippen LogP contribution in [-0.4, -0.2) is 13.1 Å². The second kappa shape index (κ2) is 8.05. The van der Waals surface area contributed by atoms with Crippen molar-refractivity contribution in [2.45, 2.75) is 6.42 Å². The maximum absolute atomic E-state index is 11.3. The van der Waals surface area contributed by atoms with Crippen molar-refractivity contribution in [3.8, 4) is 0 Å². The van der Waals surface area contributed by atoms with E-state index in [1.54, 1.807) is 0 Å². The van der Waals surface area contributed by atoms with E-state index in [0.717, 1.165) is 12.0 Å². The van der Waals surface area contributed by atoms with Gasteiger partial charge in [-0.05, 0) is 12.0 Å². The van der Waals surface area contributed by atoms with Crippen LogP contribution in [0.15, 0.2) is 72.9 Å². The number of methoxy groups -OCH3 is 1. The minimum absolute atomic E-state index is 0.136. The van der Waals surface area contributed by atoms with Gasteiger partial charge in [0.1, 0.15) is 0 Å². The van der Waals surface area contributed by atoms with Crippen LogP contribution < -0.4 is 0 Å². The van der Waals surface area contributed by atoms with E-state index in [1.165, 1.54) is 13.2 Å². The summed E-state index contributed by atoms with van der Waals surface area (Å²) < 4.78 is 4.66. The zero-order valence-corrected chi connectivity index (χ0v) is 12.2. The lowest BCUT2D eigenvalue weighted by Crippen LogP contribution is -2.08. The highest BCUT2D eigenvalue weighted by molar-refractivity contribution is 5.81. The molecule has 0 amide bonds. The molecule has 0 unspecified atom stereocenters. The number of benzene rings is 1. The van der Waals surface area contributed by atoms with Gasteiger partial charge in [0.2, 0.25) is 0 Å². The molecular weight excluding hydrogens is 260 g/mol. The van der Waals surface area contributed by atoms with E-state index in [9.17, 15) is 4.79 Å². The predicted molar refractivity (Wildman–Crippen MR) is 86.5 cm³/mol. The smallest absolute Gasteiger partial charge is 0.330 e. The molecule has 0 spiro atoms. The fourth-order valence-electron chi connectivity index (χ4n) is 2.24. The maximum Gasteiger partial charge on any atom is 0.330 e. The first-order valence-corrected chi connectivity index (χ1v) is 7.12. The molecule has 0 aliphatic heterocycles. The van der Waals surface area contributed by atoms with Gasteiger partial charge in [0.15, 0.2) is 0 Å². The Balaban J connectivity index is 2.15. The third kappa shape index (κ3) is 4.92. The van der Waals surface area contributed by atoms with Crippen LogP contribution in [0.3, 0.4) is 0 Å². The van der Waals surface area contributed by atoms with Crippen LogP contribution >= 0.6 is 0 Å². The van der Waals surface area contributed by atoms with Crippen molar-refractivity contribution in [1.82, 2.24) is 0 Å². The maximum atomic E-state index is 11.3. The summed E-state index contributed by atoms with van der Waals surface area (Å²) in [5.74, 6) is 0.0913. The first-order valence-electron chi connectivity index (χ1n) is 7.12. The van der Waals surface area contributed by atoms with Gasteiger partial charge in [0, 0.05) is 17.9 Å². The summed E-state index contributed by atoms with van der Waals surface area (Å²) in [6.07, 6.45) is 17.3. The van der Waals surface area contributed by atoms with Gasteiger partial charge < -0.3 is 4.74 Å². The predicted octanol–water partition coefficient (Wildman–Crippen LogP) is 4.18. The summed E-state index contributed by atoms with van der Waals surface area (Å²) >= 11 is 0. The van der Waals surface area contributed by atoms with Crippen LogP contribution in [0.25, 0.3) is 6.08 Å². The highest BCUT2D eigenvalue weighted by Gasteiger charge is 2.12. The van der Waals surface area contributed by atoms with Gasteiger partial charge in [0.05, 0.1) is 7.11 Å². The van der Waals surface area contributed by atoms with Crippen LogP contribution in [0.2, 0.25) is 0 Å². The normalized spacial score (nSPS) is 16.6. The van der Waals surface area contributed by atoms with Crippen molar-refractivity contribution in [3.63, 3.8) is 0 Å². The summed E-state index contributed by atoms with van der Waals surface area (Å²) in [6, 6.07) is 10.1. The number of ether oxygens (including phenoxy) is 1. The van der Waals surface area contributed by atoms with Gasteiger partial charge in [-0.2, -0.15) is 0 Å². The number of hydrogen-bond donors (Lipinski definition) is 0. The van der Waals surface area contributed by atoms with Crippen molar-refractivity contribution < 1.29 is 9.53 Å². The standard InChI is InChI=1S/C19H20O2/c1-21-19(20)15-14-18(17-10-6-3-7-11-17)13-12-16-8-4-2-5-9-16/h2,4-15,17-18H,3H2,1H3/b13-12+,15-14+/t18-/m1/s1. The van der Waals surface area contributed by atoms with E-state index in [0.29, 0.717) is 0 Å². The largest absolute Gasteiger partial charge is 0.466 e. The van der Waals surface area contributed by atoms with Crippen molar-refractivity contribution in [1.29, 1.82) is 0 Å². The second-order valence-electron chi connectivity index (χ2n) is 4.90. The van der Waals surface area contributed by atoms with E-state index < -0.39 is 0 Å². The molecule has 1 aromatic carbocycles. The van der Waals surface area contributed by atoms with Crippen molar-refractivity contribution >= 4 is 12.0 Å². The minimum atomic E-state index is -0.322. The van der Waals surface area contributed by atoms with Gasteiger partial charge in [-0.3, -0.25) is 0 Å². The highest BCUT2D eigenvalue weighted by Crippen LogP contribution is 2.23. The average Bonchev–Trinajstić information content (AvgIpc) is 2.56. The van der Waals surface area contributed by atoms with Gasteiger partial charge >= 0.3 is 5.97 Å². The molecule has 1 aromatic rings. The number of esters is 1. The highest BCUT2D eigenvalue weighted by atomic mass is 16.5. The molecule has 0 heterocycles. The molecule has 0 aromatic heterocycles. The number of carbonyl (C=O) groups is 1. The summed E-state index contributed by atoms with van der Waals surface area (Å²) in [6.45, 7) is 0. The first kappa shape index (κ1) is 15.0. The molecule has 0 bridgehead atoms. The molecule has 2 rings (SSSR count). The SMILES string of the molecule is COC(=O)/C=C/[C@@H](/C=C/c1ccccc1)C1C=CCC=C1. The van der Waals surface area contributed by atoms with Gasteiger partial charge in [-0.25, -0.2) is 4.79 Å². The van der Waals surface area contributed by atoms with Crippen LogP contribution in [-0.2, 0) is 9.53 Å². The second-order valence-corrected chi connectivity index (χ2v) is 4.90. The molecule has 1 aliphatic carbocycles. The summed E-state index contributed by atoms with van der Waals surface area (Å²) in [5, 5.41) is 0. The molecular formula is C19H20O2. The Labute approximate surface area is 126 Å². The Morgan fingerprint density at radius 1 is 1.19 bits per heavy atom. The summed E-state index contributed by atoms with van der Waals surface area (Å²) in [7, 11) is 1.39. The van der Waals surface area contributed by atoms with Crippen LogP contribution in [0.4, 0.5) is 0 Å². The lowest BCUT2D eigenvalue weighted by atomic mass is 9.88. The third-order valence-corrected chi connectivity index (χ3v) is 3.40. The monoisotopic (exact) mass is 280 g/mol. The fraction of sp³-hybridized carbons (Fsp3) is 0.211. The van der Waals surface area contributed by atoms with Crippen LogP contribution in [0.1, 0.15) is 12.0 Å². The molecule has 2 heteroatoms. The molecule has 0 saturated heterocycles. The quantitative estimate of drug-likeness (QED) is 0.459. The van der Waals surface area contributed by atoms with Crippen molar-refractivity contribution in [2.24, 2.45) is 11.8 Å². The van der Waals surface area contributed by atoms with Gasteiger partial charge in [0.25, 0.3) is 0 Å². The molecule has 108 valence electrons. The summed E-state index contributed by atoms with van der Waals surface area (Å²) in [4.78, 5) is 11.3. The van der Waals surface area contributed by atoms with Gasteiger partial charge in [-0.1, -0.05) is 72.9 Å². The Kier molecular flexibility index (Phi) is 5.77. The molecule has 1 aliphatic rings. The number of carbonyl (C=O) groups excluding carboxylic acids is 1. The van der Waals surface area contributed by atoms with Crippen LogP contribution in [0.5, 0.6) is 0 Å². The first-order chi connectivity index (χ1) is 10.3. The Hall–Kier alpha value is -2.35. The van der Waals surface area contributed by atoms with E-state index in [2.05, 4.69) is 53.3 Å². The minimum Gasteiger partial charge on any atom is -0.466 e. The van der Waals surface area contributed by atoms with Crippen LogP contribution in [0, 0.1) is 11.8 Å². The zero-order chi connectivity index (χ0) is 14.9. The van der Waals surface area contributed by atoms with Crippen molar-refractivity contribution in [2.75, 3.05) is 7.11 Å². The van der Waals surface area contributed by atoms with E-state index >= 15 is 0 Å². The van der Waals surface area contributed by atoms with E-state index in [-0.39, 0.29) is 17.8 Å². The fourth-order valence-corrected chi connectivity index (χ4v) is 2.24. The molecule has 1 atom stereocenters. The molecule has 0 radical (unpaired) electrons. The lowest BCUT2D eigenvalue weighted by molar-refractivity contribution is -0.134. The summed E-state index contributed by atoms with van der Waals surface area (Å²) in [5.41, 5.74) is 1.15. The topological polar surface area (TPSA) is 26.3 Å². The lowest BCUT2D eigenvalue weighted by Gasteiger charge is -2.17. The van der Waals surface area contributed by atoms with Crippen molar-refractivity contribution in [3.05, 3.63) is 78.4 Å². The van der Waals surface area contributed by atoms with Gasteiger partial charge in [-0.15, -0.1) is 0 Å². The molecule has 2 nitrogen and oxygen atoms in total. The Bertz CT molecular complexity index is 552. The Morgan fingerprint density at radius 2 is 1.90 bits per heavy atom. The van der Waals surface area contributed by atoms with E-state index in [1.807, 2.05) is 24.3 Å². The number of hydrogen-bond acceptors (Lipinski definition) is 2. The zero-order valence-electron chi connectivity index (χ0n) is 12.2. The number of allylic oxidation sites excluding steroid dienone is 6. The van der Waals surface area contributed by atoms with E-state index in [4.69, 9.17) is 0 Å². The Morgan fingerprint density at radius 3 is 2.57 bits per heavy atom.